The highest BCUT2D eigenvalue weighted by Crippen LogP contribution is 2.25. The van der Waals surface area contributed by atoms with Gasteiger partial charge in [0.1, 0.15) is 5.82 Å². The smallest absolute Gasteiger partial charge is 0.292 e. The summed E-state index contributed by atoms with van der Waals surface area (Å²) in [6.07, 6.45) is 6.36. The van der Waals surface area contributed by atoms with Gasteiger partial charge in [0.2, 0.25) is 5.76 Å². The van der Waals surface area contributed by atoms with Crippen LogP contribution in [0.4, 0.5) is 5.82 Å². The second-order valence-electron chi connectivity index (χ2n) is 6.31. The number of β-amino-alcohol motifs (C(OH)–C–C–N with tert-alkyl or cyclic N) is 1. The molecule has 0 aromatic carbocycles. The molecule has 1 N–H and O–H groups in total. The van der Waals surface area contributed by atoms with Gasteiger partial charge in [0, 0.05) is 38.6 Å². The maximum Gasteiger partial charge on any atom is 0.292 e. The number of amides is 1. The van der Waals surface area contributed by atoms with Crippen LogP contribution in [0.5, 0.6) is 0 Å². The number of aromatic nitrogens is 3. The van der Waals surface area contributed by atoms with Gasteiger partial charge in [-0.05, 0) is 19.8 Å². The van der Waals surface area contributed by atoms with E-state index >= 15 is 0 Å². The van der Waals surface area contributed by atoms with E-state index in [4.69, 9.17) is 4.52 Å². The Morgan fingerprint density at radius 1 is 1.50 bits per heavy atom. The van der Waals surface area contributed by atoms with Crippen LogP contribution in [0.2, 0.25) is 0 Å². The van der Waals surface area contributed by atoms with Gasteiger partial charge < -0.3 is 19.4 Å². The summed E-state index contributed by atoms with van der Waals surface area (Å²) in [6, 6.07) is 1.59. The van der Waals surface area contributed by atoms with Crippen molar-refractivity contribution in [3.8, 4) is 0 Å². The molecule has 8 heteroatoms. The fourth-order valence-corrected chi connectivity index (χ4v) is 3.06. The second kappa shape index (κ2) is 6.56. The zero-order valence-corrected chi connectivity index (χ0v) is 13.8. The summed E-state index contributed by atoms with van der Waals surface area (Å²) in [5, 5.41) is 14.7. The molecular weight excluding hydrogens is 310 g/mol. The highest BCUT2D eigenvalue weighted by atomic mass is 16.5. The molecule has 3 heterocycles. The quantitative estimate of drug-likeness (QED) is 0.888. The molecule has 24 heavy (non-hydrogen) atoms. The number of rotatable bonds is 4. The molecule has 1 aliphatic heterocycles. The maximum atomic E-state index is 12.4. The SMILES string of the molecule is Cc1cc(C(=O)N(C)C[C@]2(O)CCCN(c3cnccn3)C2)on1. The Hall–Kier alpha value is -2.48. The van der Waals surface area contributed by atoms with E-state index in [-0.39, 0.29) is 18.2 Å². The summed E-state index contributed by atoms with van der Waals surface area (Å²) in [4.78, 5) is 24.2. The zero-order chi connectivity index (χ0) is 17.2. The molecule has 1 atom stereocenters. The molecule has 1 fully saturated rings. The van der Waals surface area contributed by atoms with Gasteiger partial charge in [-0.3, -0.25) is 9.78 Å². The van der Waals surface area contributed by atoms with Crippen LogP contribution in [0, 0.1) is 6.92 Å². The first-order chi connectivity index (χ1) is 11.5. The lowest BCUT2D eigenvalue weighted by Crippen LogP contribution is -2.54. The summed E-state index contributed by atoms with van der Waals surface area (Å²) < 4.78 is 5.01. The van der Waals surface area contributed by atoms with Crippen molar-refractivity contribution in [1.29, 1.82) is 0 Å². The average Bonchev–Trinajstić information content (AvgIpc) is 3.01. The Balaban J connectivity index is 1.67. The van der Waals surface area contributed by atoms with Crippen LogP contribution in [-0.4, -0.2) is 63.3 Å². The Morgan fingerprint density at radius 3 is 3.00 bits per heavy atom. The third-order valence-electron chi connectivity index (χ3n) is 4.15. The molecular formula is C16H21N5O3. The van der Waals surface area contributed by atoms with Crippen molar-refractivity contribution in [2.24, 2.45) is 0 Å². The number of nitrogens with zero attached hydrogens (tertiary/aromatic N) is 5. The van der Waals surface area contributed by atoms with Crippen molar-refractivity contribution in [2.75, 3.05) is 31.6 Å². The summed E-state index contributed by atoms with van der Waals surface area (Å²) >= 11 is 0. The molecule has 1 aliphatic rings. The fraction of sp³-hybridized carbons (Fsp3) is 0.500. The Labute approximate surface area is 140 Å². The van der Waals surface area contributed by atoms with E-state index in [2.05, 4.69) is 15.1 Å². The van der Waals surface area contributed by atoms with Crippen molar-refractivity contribution >= 4 is 11.7 Å². The number of likely N-dealkylation sites (N-methyl/N-ethyl adjacent to an activating group) is 1. The Bertz CT molecular complexity index is 705. The zero-order valence-electron chi connectivity index (χ0n) is 13.8. The molecule has 0 bridgehead atoms. The van der Waals surface area contributed by atoms with Crippen molar-refractivity contribution < 1.29 is 14.4 Å². The van der Waals surface area contributed by atoms with E-state index in [1.807, 2.05) is 4.90 Å². The molecule has 2 aromatic heterocycles. The number of anilines is 1. The van der Waals surface area contributed by atoms with Gasteiger partial charge in [-0.15, -0.1) is 0 Å². The highest BCUT2D eigenvalue weighted by Gasteiger charge is 2.36. The van der Waals surface area contributed by atoms with Crippen molar-refractivity contribution in [2.45, 2.75) is 25.4 Å². The van der Waals surface area contributed by atoms with Gasteiger partial charge in [-0.2, -0.15) is 0 Å². The molecule has 0 spiro atoms. The largest absolute Gasteiger partial charge is 0.386 e. The van der Waals surface area contributed by atoms with Gasteiger partial charge in [0.15, 0.2) is 0 Å². The van der Waals surface area contributed by atoms with E-state index < -0.39 is 5.60 Å². The van der Waals surface area contributed by atoms with Gasteiger partial charge in [-0.1, -0.05) is 5.16 Å². The molecule has 128 valence electrons. The molecule has 8 nitrogen and oxygen atoms in total. The number of carbonyl (C=O) groups is 1. The molecule has 0 aliphatic carbocycles. The van der Waals surface area contributed by atoms with E-state index in [0.717, 1.165) is 18.8 Å². The average molecular weight is 331 g/mol. The summed E-state index contributed by atoms with van der Waals surface area (Å²) in [6.45, 7) is 3.18. The lowest BCUT2D eigenvalue weighted by atomic mass is 9.92. The third-order valence-corrected chi connectivity index (χ3v) is 4.15. The first-order valence-electron chi connectivity index (χ1n) is 7.89. The van der Waals surface area contributed by atoms with Gasteiger partial charge >= 0.3 is 0 Å². The van der Waals surface area contributed by atoms with E-state index in [1.165, 1.54) is 4.90 Å². The van der Waals surface area contributed by atoms with E-state index in [1.54, 1.807) is 38.6 Å². The Kier molecular flexibility index (Phi) is 4.48. The summed E-state index contributed by atoms with van der Waals surface area (Å²) in [5.41, 5.74) is -0.355. The van der Waals surface area contributed by atoms with Crippen LogP contribution in [0.3, 0.4) is 0 Å². The standard InChI is InChI=1S/C16H21N5O3/c1-12-8-13(24-19-12)15(22)20(2)10-16(23)4-3-7-21(11-16)14-9-17-5-6-18-14/h5-6,8-9,23H,3-4,7,10-11H2,1-2H3/t16-/m1/s1. The molecule has 1 saturated heterocycles. The fourth-order valence-electron chi connectivity index (χ4n) is 3.06. The van der Waals surface area contributed by atoms with Crippen LogP contribution in [0.25, 0.3) is 0 Å². The monoisotopic (exact) mass is 331 g/mol. The predicted octanol–water partition coefficient (Wildman–Crippen LogP) is 0.877. The van der Waals surface area contributed by atoms with Crippen LogP contribution >= 0.6 is 0 Å². The number of aryl methyl sites for hydroxylation is 1. The van der Waals surface area contributed by atoms with Crippen LogP contribution in [0.1, 0.15) is 29.1 Å². The summed E-state index contributed by atoms with van der Waals surface area (Å²) in [5.74, 6) is 0.622. The first kappa shape index (κ1) is 16.4. The maximum absolute atomic E-state index is 12.4. The topological polar surface area (TPSA) is 95.6 Å². The number of carbonyl (C=O) groups excluding carboxylic acids is 1. The van der Waals surface area contributed by atoms with Crippen LogP contribution < -0.4 is 4.90 Å². The normalized spacial score (nSPS) is 20.9. The molecule has 1 amide bonds. The number of piperidine rings is 1. The van der Waals surface area contributed by atoms with Gasteiger partial charge in [-0.25, -0.2) is 4.98 Å². The predicted molar refractivity (Wildman–Crippen MR) is 86.6 cm³/mol. The van der Waals surface area contributed by atoms with E-state index in [0.29, 0.717) is 18.7 Å². The molecule has 3 rings (SSSR count). The lowest BCUT2D eigenvalue weighted by molar-refractivity contribution is -0.00107. The van der Waals surface area contributed by atoms with Crippen LogP contribution in [-0.2, 0) is 0 Å². The van der Waals surface area contributed by atoms with Crippen molar-refractivity contribution in [3.63, 3.8) is 0 Å². The molecule has 0 radical (unpaired) electrons. The molecule has 2 aromatic rings. The van der Waals surface area contributed by atoms with Gasteiger partial charge in [0.05, 0.1) is 24.0 Å². The van der Waals surface area contributed by atoms with Crippen molar-refractivity contribution in [3.05, 3.63) is 36.1 Å². The van der Waals surface area contributed by atoms with Crippen LogP contribution in [0.15, 0.2) is 29.2 Å². The minimum absolute atomic E-state index is 0.181. The third kappa shape index (κ3) is 3.53. The molecule has 0 saturated carbocycles. The molecule has 0 unspecified atom stereocenters. The highest BCUT2D eigenvalue weighted by molar-refractivity contribution is 5.91. The van der Waals surface area contributed by atoms with Crippen molar-refractivity contribution in [1.82, 2.24) is 20.0 Å². The second-order valence-corrected chi connectivity index (χ2v) is 6.31. The Morgan fingerprint density at radius 2 is 2.33 bits per heavy atom. The number of hydrogen-bond acceptors (Lipinski definition) is 7. The first-order valence-corrected chi connectivity index (χ1v) is 7.89. The van der Waals surface area contributed by atoms with E-state index in [9.17, 15) is 9.90 Å². The number of aliphatic hydroxyl groups is 1. The summed E-state index contributed by atoms with van der Waals surface area (Å²) in [7, 11) is 1.65. The van der Waals surface area contributed by atoms with Gasteiger partial charge in [0.25, 0.3) is 5.91 Å². The number of hydrogen-bond donors (Lipinski definition) is 1. The minimum Gasteiger partial charge on any atom is -0.386 e. The lowest BCUT2D eigenvalue weighted by Gasteiger charge is -2.41. The minimum atomic E-state index is -1.00.